The second-order valence-corrected chi connectivity index (χ2v) is 8.77. The number of aromatic nitrogens is 1. The number of amides is 4. The summed E-state index contributed by atoms with van der Waals surface area (Å²) in [7, 11) is 0. The van der Waals surface area contributed by atoms with Crippen molar-refractivity contribution < 1.29 is 14.4 Å². The smallest absolute Gasteiger partial charge is 0.327 e. The predicted octanol–water partition coefficient (Wildman–Crippen LogP) is 2.93. The first-order valence-electron chi connectivity index (χ1n) is 11.0. The first-order valence-corrected chi connectivity index (χ1v) is 11.0. The van der Waals surface area contributed by atoms with Crippen LogP contribution in [0.25, 0.3) is 0 Å². The van der Waals surface area contributed by atoms with E-state index >= 15 is 0 Å². The molecule has 31 heavy (non-hydrogen) atoms. The number of pyridine rings is 1. The van der Waals surface area contributed by atoms with Crippen LogP contribution >= 0.6 is 0 Å². The van der Waals surface area contributed by atoms with E-state index in [1.807, 2.05) is 30.3 Å². The molecule has 7 heteroatoms. The second kappa shape index (κ2) is 7.80. The number of carbonyl (C=O) groups is 3. The van der Waals surface area contributed by atoms with Crippen molar-refractivity contribution in [1.29, 1.82) is 0 Å². The third kappa shape index (κ3) is 3.58. The van der Waals surface area contributed by atoms with Gasteiger partial charge in [0.15, 0.2) is 0 Å². The molecular formula is C24H26N4O3. The molecule has 3 heterocycles. The molecule has 2 aromatic rings. The van der Waals surface area contributed by atoms with Gasteiger partial charge in [-0.2, -0.15) is 0 Å². The molecule has 1 spiro atoms. The summed E-state index contributed by atoms with van der Waals surface area (Å²) in [5, 5.41) is 0. The van der Waals surface area contributed by atoms with E-state index in [-0.39, 0.29) is 17.8 Å². The lowest BCUT2D eigenvalue weighted by Gasteiger charge is -2.42. The van der Waals surface area contributed by atoms with Crippen LogP contribution in [-0.4, -0.2) is 62.7 Å². The predicted molar refractivity (Wildman–Crippen MR) is 114 cm³/mol. The summed E-state index contributed by atoms with van der Waals surface area (Å²) in [6.45, 7) is 1.82. The highest BCUT2D eigenvalue weighted by atomic mass is 16.2. The van der Waals surface area contributed by atoms with Crippen LogP contribution in [0.3, 0.4) is 0 Å². The highest BCUT2D eigenvalue weighted by molar-refractivity contribution is 6.07. The van der Waals surface area contributed by atoms with E-state index < -0.39 is 5.54 Å². The Hall–Kier alpha value is -3.22. The lowest BCUT2D eigenvalue weighted by molar-refractivity contribution is -0.135. The SMILES string of the molecule is O=C(c1ccncc1)N1CCC2(CC1)C(=O)N(CC1CC1)C(=O)N2Cc1ccccc1. The quantitative estimate of drug-likeness (QED) is 0.700. The van der Waals surface area contributed by atoms with E-state index in [9.17, 15) is 14.4 Å². The number of nitrogens with zero attached hydrogens (tertiary/aromatic N) is 4. The Morgan fingerprint density at radius 3 is 2.32 bits per heavy atom. The molecule has 4 amide bonds. The van der Waals surface area contributed by atoms with Crippen molar-refractivity contribution in [3.05, 3.63) is 66.0 Å². The minimum absolute atomic E-state index is 0.0570. The van der Waals surface area contributed by atoms with Crippen molar-refractivity contribution in [2.45, 2.75) is 37.8 Å². The molecule has 5 rings (SSSR count). The molecular weight excluding hydrogens is 392 g/mol. The van der Waals surface area contributed by atoms with Crippen LogP contribution < -0.4 is 0 Å². The molecule has 1 aromatic heterocycles. The van der Waals surface area contributed by atoms with E-state index in [0.717, 1.165) is 18.4 Å². The molecule has 1 saturated carbocycles. The minimum Gasteiger partial charge on any atom is -0.338 e. The van der Waals surface area contributed by atoms with Crippen molar-refractivity contribution in [3.8, 4) is 0 Å². The number of imide groups is 1. The van der Waals surface area contributed by atoms with E-state index in [2.05, 4.69) is 4.98 Å². The number of rotatable bonds is 5. The average Bonchev–Trinajstić information content (AvgIpc) is 3.63. The molecule has 7 nitrogen and oxygen atoms in total. The number of likely N-dealkylation sites (tertiary alicyclic amines) is 1. The molecule has 0 N–H and O–H groups in total. The third-order valence-corrected chi connectivity index (χ3v) is 6.75. The maximum absolute atomic E-state index is 13.6. The fraction of sp³-hybridized carbons (Fsp3) is 0.417. The summed E-state index contributed by atoms with van der Waals surface area (Å²) in [6.07, 6.45) is 6.29. The minimum atomic E-state index is -0.864. The van der Waals surface area contributed by atoms with Gasteiger partial charge in [0.25, 0.3) is 11.8 Å². The van der Waals surface area contributed by atoms with Crippen LogP contribution in [0.4, 0.5) is 4.79 Å². The zero-order chi connectivity index (χ0) is 21.4. The van der Waals surface area contributed by atoms with Gasteiger partial charge in [-0.1, -0.05) is 30.3 Å². The molecule has 1 aliphatic carbocycles. The fourth-order valence-corrected chi connectivity index (χ4v) is 4.73. The van der Waals surface area contributed by atoms with E-state index in [0.29, 0.717) is 50.5 Å². The Balaban J connectivity index is 1.38. The Morgan fingerprint density at radius 1 is 1.00 bits per heavy atom. The molecule has 2 saturated heterocycles. The highest BCUT2D eigenvalue weighted by Crippen LogP contribution is 2.41. The third-order valence-electron chi connectivity index (χ3n) is 6.75. The lowest BCUT2D eigenvalue weighted by Crippen LogP contribution is -2.57. The maximum Gasteiger partial charge on any atom is 0.327 e. The van der Waals surface area contributed by atoms with Gasteiger partial charge in [-0.05, 0) is 49.3 Å². The van der Waals surface area contributed by atoms with E-state index in [1.54, 1.807) is 34.3 Å². The zero-order valence-electron chi connectivity index (χ0n) is 17.4. The van der Waals surface area contributed by atoms with Gasteiger partial charge in [-0.25, -0.2) is 4.79 Å². The first-order chi connectivity index (χ1) is 15.1. The number of hydrogen-bond donors (Lipinski definition) is 0. The van der Waals surface area contributed by atoms with Gasteiger partial charge in [0.2, 0.25) is 0 Å². The van der Waals surface area contributed by atoms with Crippen LogP contribution in [0.1, 0.15) is 41.6 Å². The van der Waals surface area contributed by atoms with Crippen LogP contribution in [0, 0.1) is 5.92 Å². The summed E-state index contributed by atoms with van der Waals surface area (Å²) in [5.41, 5.74) is 0.736. The fourth-order valence-electron chi connectivity index (χ4n) is 4.73. The van der Waals surface area contributed by atoms with Gasteiger partial charge in [0, 0.05) is 44.1 Å². The van der Waals surface area contributed by atoms with Crippen LogP contribution in [0.2, 0.25) is 0 Å². The highest BCUT2D eigenvalue weighted by Gasteiger charge is 2.58. The molecule has 160 valence electrons. The summed E-state index contributed by atoms with van der Waals surface area (Å²) >= 11 is 0. The van der Waals surface area contributed by atoms with Gasteiger partial charge in [0.05, 0.1) is 0 Å². The number of carbonyl (C=O) groups excluding carboxylic acids is 3. The molecule has 3 fully saturated rings. The number of hydrogen-bond acceptors (Lipinski definition) is 4. The van der Waals surface area contributed by atoms with Gasteiger partial charge >= 0.3 is 6.03 Å². The molecule has 0 atom stereocenters. The Kier molecular flexibility index (Phi) is 4.96. The maximum atomic E-state index is 13.6. The van der Waals surface area contributed by atoms with Crippen molar-refractivity contribution in [3.63, 3.8) is 0 Å². The topological polar surface area (TPSA) is 73.8 Å². The molecule has 0 radical (unpaired) electrons. The van der Waals surface area contributed by atoms with E-state index in [1.165, 1.54) is 4.90 Å². The van der Waals surface area contributed by atoms with E-state index in [4.69, 9.17) is 0 Å². The van der Waals surface area contributed by atoms with Crippen molar-refractivity contribution in [2.75, 3.05) is 19.6 Å². The largest absolute Gasteiger partial charge is 0.338 e. The molecule has 2 aliphatic heterocycles. The van der Waals surface area contributed by atoms with Gasteiger partial charge < -0.3 is 9.80 Å². The zero-order valence-corrected chi connectivity index (χ0v) is 17.4. The second-order valence-electron chi connectivity index (χ2n) is 8.77. The monoisotopic (exact) mass is 418 g/mol. The van der Waals surface area contributed by atoms with Crippen molar-refractivity contribution >= 4 is 17.8 Å². The molecule has 3 aliphatic rings. The Morgan fingerprint density at radius 2 is 1.68 bits per heavy atom. The molecule has 1 aromatic carbocycles. The van der Waals surface area contributed by atoms with Gasteiger partial charge in [-0.15, -0.1) is 0 Å². The Bertz CT molecular complexity index is 982. The standard InChI is InChI=1S/C24H26N4O3/c29-21(20-8-12-25-13-9-20)26-14-10-24(11-15-26)22(30)27(16-19-6-7-19)23(31)28(24)17-18-4-2-1-3-5-18/h1-5,8-9,12-13,19H,6-7,10-11,14-17H2. The van der Waals surface area contributed by atoms with Crippen molar-refractivity contribution in [1.82, 2.24) is 19.7 Å². The summed E-state index contributed by atoms with van der Waals surface area (Å²) < 4.78 is 0. The number of urea groups is 1. The van der Waals surface area contributed by atoms with Crippen molar-refractivity contribution in [2.24, 2.45) is 5.92 Å². The summed E-state index contributed by atoms with van der Waals surface area (Å²) in [4.78, 5) is 48.7. The molecule has 0 unspecified atom stereocenters. The lowest BCUT2D eigenvalue weighted by atomic mass is 9.85. The van der Waals surface area contributed by atoms with Gasteiger partial charge in [0.1, 0.15) is 5.54 Å². The summed E-state index contributed by atoms with van der Waals surface area (Å²) in [5.74, 6) is 0.296. The van der Waals surface area contributed by atoms with Crippen LogP contribution in [0.15, 0.2) is 54.9 Å². The number of piperidine rings is 1. The van der Waals surface area contributed by atoms with Crippen LogP contribution in [0.5, 0.6) is 0 Å². The van der Waals surface area contributed by atoms with Gasteiger partial charge in [-0.3, -0.25) is 19.5 Å². The van der Waals surface area contributed by atoms with Crippen LogP contribution in [-0.2, 0) is 11.3 Å². The Labute approximate surface area is 181 Å². The average molecular weight is 418 g/mol. The number of benzene rings is 1. The molecule has 0 bridgehead atoms. The summed E-state index contributed by atoms with van der Waals surface area (Å²) in [6, 6.07) is 13.0. The first kappa shape index (κ1) is 19.7. The normalized spacial score (nSPS) is 20.6.